The van der Waals surface area contributed by atoms with Crippen LogP contribution in [-0.2, 0) is 9.53 Å². The van der Waals surface area contributed by atoms with Crippen LogP contribution in [0.25, 0.3) is 0 Å². The highest BCUT2D eigenvalue weighted by Crippen LogP contribution is 2.25. The first-order valence-corrected chi connectivity index (χ1v) is 7.63. The minimum absolute atomic E-state index is 0.0639. The average molecular weight is 310 g/mol. The maximum Gasteiger partial charge on any atom is 0.309 e. The molecule has 1 aromatic rings. The number of halogens is 1. The second kappa shape index (κ2) is 6.94. The molecule has 114 valence electrons. The number of ether oxygens (including phenoxy) is 1. The first-order chi connectivity index (χ1) is 10.0. The molecule has 4 nitrogen and oxygen atoms in total. The number of carbonyl (C=O) groups excluding carboxylic acids is 2. The first kappa shape index (κ1) is 15.8. The van der Waals surface area contributed by atoms with Gasteiger partial charge < -0.3 is 9.64 Å². The van der Waals surface area contributed by atoms with Gasteiger partial charge in [-0.05, 0) is 38.3 Å². The smallest absolute Gasteiger partial charge is 0.309 e. The number of piperidine rings is 1. The van der Waals surface area contributed by atoms with E-state index in [1.54, 1.807) is 17.9 Å². The van der Waals surface area contributed by atoms with Crippen molar-refractivity contribution in [2.24, 2.45) is 5.92 Å². The van der Waals surface area contributed by atoms with Gasteiger partial charge in [0.2, 0.25) is 0 Å². The predicted octanol–water partition coefficient (Wildman–Crippen LogP) is 3.06. The Hall–Kier alpha value is -1.55. The van der Waals surface area contributed by atoms with Crippen LogP contribution in [0, 0.1) is 12.8 Å². The molecule has 2 rings (SSSR count). The maximum atomic E-state index is 12.5. The van der Waals surface area contributed by atoms with E-state index in [0.717, 1.165) is 5.56 Å². The molecule has 1 saturated heterocycles. The first-order valence-electron chi connectivity index (χ1n) is 7.25. The number of hydrogen-bond acceptors (Lipinski definition) is 3. The Morgan fingerprint density at radius 1 is 1.33 bits per heavy atom. The maximum absolute atomic E-state index is 12.5. The summed E-state index contributed by atoms with van der Waals surface area (Å²) in [4.78, 5) is 26.0. The van der Waals surface area contributed by atoms with Gasteiger partial charge in [-0.1, -0.05) is 23.7 Å². The van der Waals surface area contributed by atoms with E-state index in [0.29, 0.717) is 43.1 Å². The number of benzene rings is 1. The summed E-state index contributed by atoms with van der Waals surface area (Å²) in [6, 6.07) is 5.46. The molecule has 0 aromatic heterocycles. The Balaban J connectivity index is 2.00. The van der Waals surface area contributed by atoms with Crippen LogP contribution in [0.5, 0.6) is 0 Å². The third-order valence-electron chi connectivity index (χ3n) is 3.82. The van der Waals surface area contributed by atoms with Gasteiger partial charge in [0.05, 0.1) is 23.1 Å². The largest absolute Gasteiger partial charge is 0.466 e. The molecule has 0 aliphatic carbocycles. The zero-order valence-corrected chi connectivity index (χ0v) is 13.2. The minimum atomic E-state index is -0.154. The number of carbonyl (C=O) groups is 2. The molecule has 0 unspecified atom stereocenters. The molecular formula is C16H20ClNO3. The van der Waals surface area contributed by atoms with Crippen LogP contribution in [0.2, 0.25) is 5.02 Å². The molecule has 0 saturated carbocycles. The van der Waals surface area contributed by atoms with Crippen molar-refractivity contribution in [2.45, 2.75) is 26.7 Å². The number of amides is 1. The molecule has 5 heteroatoms. The molecule has 1 heterocycles. The van der Waals surface area contributed by atoms with Crippen molar-refractivity contribution >= 4 is 23.5 Å². The minimum Gasteiger partial charge on any atom is -0.466 e. The summed E-state index contributed by atoms with van der Waals surface area (Å²) in [7, 11) is 0. The molecule has 1 fully saturated rings. The van der Waals surface area contributed by atoms with Crippen LogP contribution in [0.15, 0.2) is 18.2 Å². The van der Waals surface area contributed by atoms with Crippen molar-refractivity contribution in [3.8, 4) is 0 Å². The summed E-state index contributed by atoms with van der Waals surface area (Å²) < 4.78 is 5.03. The number of esters is 1. The molecule has 1 aromatic carbocycles. The molecule has 1 aliphatic rings. The van der Waals surface area contributed by atoms with Gasteiger partial charge in [0.1, 0.15) is 0 Å². The Bertz CT molecular complexity index is 536. The van der Waals surface area contributed by atoms with Crippen molar-refractivity contribution < 1.29 is 14.3 Å². The Kier molecular flexibility index (Phi) is 5.23. The van der Waals surface area contributed by atoms with Crippen LogP contribution < -0.4 is 0 Å². The SMILES string of the molecule is CCOC(=O)C1CCN(C(=O)c2cccc(C)c2Cl)CC1. The lowest BCUT2D eigenvalue weighted by atomic mass is 9.96. The van der Waals surface area contributed by atoms with E-state index in [9.17, 15) is 9.59 Å². The van der Waals surface area contributed by atoms with E-state index >= 15 is 0 Å². The quantitative estimate of drug-likeness (QED) is 0.806. The normalized spacial score (nSPS) is 15.9. The summed E-state index contributed by atoms with van der Waals surface area (Å²) in [6.07, 6.45) is 1.29. The van der Waals surface area contributed by atoms with Crippen LogP contribution in [0.1, 0.15) is 35.7 Å². The van der Waals surface area contributed by atoms with E-state index in [4.69, 9.17) is 16.3 Å². The summed E-state index contributed by atoms with van der Waals surface area (Å²) >= 11 is 6.21. The van der Waals surface area contributed by atoms with Crippen molar-refractivity contribution in [3.05, 3.63) is 34.3 Å². The third kappa shape index (κ3) is 3.56. The molecule has 1 amide bonds. The molecule has 21 heavy (non-hydrogen) atoms. The van der Waals surface area contributed by atoms with E-state index in [1.807, 2.05) is 19.1 Å². The fourth-order valence-electron chi connectivity index (χ4n) is 2.56. The van der Waals surface area contributed by atoms with Crippen LogP contribution >= 0.6 is 11.6 Å². The fraction of sp³-hybridized carbons (Fsp3) is 0.500. The lowest BCUT2D eigenvalue weighted by molar-refractivity contribution is -0.149. The molecular weight excluding hydrogens is 290 g/mol. The summed E-state index contributed by atoms with van der Waals surface area (Å²) in [5, 5.41) is 0.509. The van der Waals surface area contributed by atoms with Crippen molar-refractivity contribution in [3.63, 3.8) is 0 Å². The molecule has 0 N–H and O–H groups in total. The molecule has 0 radical (unpaired) electrons. The summed E-state index contributed by atoms with van der Waals surface area (Å²) in [5.41, 5.74) is 1.43. The highest BCUT2D eigenvalue weighted by Gasteiger charge is 2.29. The van der Waals surface area contributed by atoms with Crippen LogP contribution in [-0.4, -0.2) is 36.5 Å². The van der Waals surface area contributed by atoms with Gasteiger partial charge in [-0.15, -0.1) is 0 Å². The zero-order valence-electron chi connectivity index (χ0n) is 12.4. The van der Waals surface area contributed by atoms with Gasteiger partial charge >= 0.3 is 5.97 Å². The van der Waals surface area contributed by atoms with Crippen LogP contribution in [0.3, 0.4) is 0 Å². The van der Waals surface area contributed by atoms with Gasteiger partial charge in [-0.25, -0.2) is 0 Å². The highest BCUT2D eigenvalue weighted by molar-refractivity contribution is 6.34. The lowest BCUT2D eigenvalue weighted by Crippen LogP contribution is -2.40. The van der Waals surface area contributed by atoms with E-state index < -0.39 is 0 Å². The number of likely N-dealkylation sites (tertiary alicyclic amines) is 1. The molecule has 0 spiro atoms. The van der Waals surface area contributed by atoms with E-state index in [-0.39, 0.29) is 17.8 Å². The summed E-state index contributed by atoms with van der Waals surface area (Å²) in [5.74, 6) is -0.314. The van der Waals surface area contributed by atoms with Crippen molar-refractivity contribution in [2.75, 3.05) is 19.7 Å². The summed E-state index contributed by atoms with van der Waals surface area (Å²) in [6.45, 7) is 5.21. The second-order valence-electron chi connectivity index (χ2n) is 5.25. The zero-order chi connectivity index (χ0) is 15.4. The van der Waals surface area contributed by atoms with E-state index in [1.165, 1.54) is 0 Å². The van der Waals surface area contributed by atoms with E-state index in [2.05, 4.69) is 0 Å². The Labute approximate surface area is 130 Å². The molecule has 0 atom stereocenters. The van der Waals surface area contributed by atoms with Gasteiger partial charge in [0, 0.05) is 13.1 Å². The number of rotatable bonds is 3. The standard InChI is InChI=1S/C16H20ClNO3/c1-3-21-16(20)12-7-9-18(10-8-12)15(19)13-6-4-5-11(2)14(13)17/h4-6,12H,3,7-10H2,1-2H3. The van der Waals surface area contributed by atoms with Gasteiger partial charge in [-0.2, -0.15) is 0 Å². The molecule has 0 bridgehead atoms. The van der Waals surface area contributed by atoms with Gasteiger partial charge in [0.25, 0.3) is 5.91 Å². The third-order valence-corrected chi connectivity index (χ3v) is 4.33. The van der Waals surface area contributed by atoms with Crippen LogP contribution in [0.4, 0.5) is 0 Å². The number of nitrogens with zero attached hydrogens (tertiary/aromatic N) is 1. The predicted molar refractivity (Wildman–Crippen MR) is 81.4 cm³/mol. The highest BCUT2D eigenvalue weighted by atomic mass is 35.5. The lowest BCUT2D eigenvalue weighted by Gasteiger charge is -2.31. The topological polar surface area (TPSA) is 46.6 Å². The second-order valence-corrected chi connectivity index (χ2v) is 5.63. The number of aryl methyl sites for hydroxylation is 1. The van der Waals surface area contributed by atoms with Gasteiger partial charge in [-0.3, -0.25) is 9.59 Å². The number of hydrogen-bond donors (Lipinski definition) is 0. The monoisotopic (exact) mass is 309 g/mol. The molecule has 1 aliphatic heterocycles. The van der Waals surface area contributed by atoms with Crippen molar-refractivity contribution in [1.82, 2.24) is 4.90 Å². The fourth-order valence-corrected chi connectivity index (χ4v) is 2.77. The Morgan fingerprint density at radius 2 is 2.00 bits per heavy atom. The van der Waals surface area contributed by atoms with Crippen molar-refractivity contribution in [1.29, 1.82) is 0 Å². The average Bonchev–Trinajstić information content (AvgIpc) is 2.50. The Morgan fingerprint density at radius 3 is 2.62 bits per heavy atom. The van der Waals surface area contributed by atoms with Gasteiger partial charge in [0.15, 0.2) is 0 Å².